The van der Waals surface area contributed by atoms with E-state index in [0.717, 1.165) is 5.56 Å². The van der Waals surface area contributed by atoms with Gasteiger partial charge in [-0.3, -0.25) is 9.10 Å². The lowest BCUT2D eigenvalue weighted by molar-refractivity contribution is 0.103. The Morgan fingerprint density at radius 1 is 1.06 bits per heavy atom. The highest BCUT2D eigenvalue weighted by molar-refractivity contribution is 7.93. The minimum atomic E-state index is -3.30. The number of hydrogen-bond acceptors (Lipinski definition) is 6. The summed E-state index contributed by atoms with van der Waals surface area (Å²) in [4.78, 5) is 18.4. The molecule has 162 valence electrons. The minimum Gasteiger partial charge on any atom is -0.462 e. The minimum absolute atomic E-state index is 0.139. The number of anilines is 2. The van der Waals surface area contributed by atoms with Crippen molar-refractivity contribution in [3.05, 3.63) is 77.9 Å². The lowest BCUT2D eigenvalue weighted by Gasteiger charge is -2.17. The monoisotopic (exact) mass is 465 g/mol. The second kappa shape index (κ2) is 8.25. The molecule has 32 heavy (non-hydrogen) atoms. The zero-order valence-corrected chi connectivity index (χ0v) is 18.5. The molecule has 1 amide bonds. The number of carbonyl (C=O) groups excluding carboxylic acids is 1. The first kappa shape index (κ1) is 20.5. The van der Waals surface area contributed by atoms with Gasteiger partial charge in [0.15, 0.2) is 10.8 Å². The molecule has 0 radical (unpaired) electrons. The van der Waals surface area contributed by atoms with Crippen molar-refractivity contribution in [2.24, 2.45) is 0 Å². The fourth-order valence-electron chi connectivity index (χ4n) is 3.63. The third-order valence-corrected chi connectivity index (χ3v) is 8.04. The number of nitrogens with zero attached hydrogens (tertiary/aromatic N) is 2. The Balaban J connectivity index is 1.48. The second-order valence-corrected chi connectivity index (χ2v) is 10.3. The first-order valence-corrected chi connectivity index (χ1v) is 12.5. The van der Waals surface area contributed by atoms with E-state index in [9.17, 15) is 13.2 Å². The number of sulfonamides is 1. The van der Waals surface area contributed by atoms with Crippen LogP contribution in [0.1, 0.15) is 16.1 Å². The SMILES string of the molecule is O=C(Nc1cccc(N2CCCS2(=O)=O)c1)c1sc(-c2ccco2)nc1-c1ccccc1. The highest BCUT2D eigenvalue weighted by Gasteiger charge is 2.28. The molecular weight excluding hydrogens is 446 g/mol. The van der Waals surface area contributed by atoms with Gasteiger partial charge in [-0.05, 0) is 36.8 Å². The van der Waals surface area contributed by atoms with Crippen molar-refractivity contribution in [1.82, 2.24) is 4.98 Å². The standard InChI is InChI=1S/C23H19N3O4S2/c27-22(24-17-9-4-10-18(15-17)26-12-6-14-32(26,28)29)21-20(16-7-2-1-3-8-16)25-23(31-21)19-11-5-13-30-19/h1-5,7-11,13,15H,6,12,14H2,(H,24,27). The zero-order chi connectivity index (χ0) is 22.1. The lowest BCUT2D eigenvalue weighted by Crippen LogP contribution is -2.25. The van der Waals surface area contributed by atoms with Crippen molar-refractivity contribution in [2.75, 3.05) is 21.9 Å². The molecule has 0 unspecified atom stereocenters. The van der Waals surface area contributed by atoms with Gasteiger partial charge >= 0.3 is 0 Å². The highest BCUT2D eigenvalue weighted by Crippen LogP contribution is 2.35. The van der Waals surface area contributed by atoms with Gasteiger partial charge in [-0.25, -0.2) is 13.4 Å². The van der Waals surface area contributed by atoms with E-state index in [1.165, 1.54) is 15.6 Å². The molecular formula is C23H19N3O4S2. The number of furan rings is 1. The quantitative estimate of drug-likeness (QED) is 0.454. The van der Waals surface area contributed by atoms with Crippen molar-refractivity contribution in [3.63, 3.8) is 0 Å². The van der Waals surface area contributed by atoms with Crippen LogP contribution in [-0.4, -0.2) is 31.6 Å². The summed E-state index contributed by atoms with van der Waals surface area (Å²) in [7, 11) is -3.30. The van der Waals surface area contributed by atoms with Gasteiger partial charge in [0, 0.05) is 17.8 Å². The van der Waals surface area contributed by atoms with Gasteiger partial charge in [0.2, 0.25) is 10.0 Å². The molecule has 0 saturated carbocycles. The second-order valence-electron chi connectivity index (χ2n) is 7.29. The van der Waals surface area contributed by atoms with Crippen LogP contribution in [0.2, 0.25) is 0 Å². The molecule has 2 aromatic carbocycles. The number of benzene rings is 2. The van der Waals surface area contributed by atoms with Crippen molar-refractivity contribution in [1.29, 1.82) is 0 Å². The van der Waals surface area contributed by atoms with Gasteiger partial charge in [0.1, 0.15) is 4.88 Å². The summed E-state index contributed by atoms with van der Waals surface area (Å²) >= 11 is 1.25. The van der Waals surface area contributed by atoms with E-state index < -0.39 is 10.0 Å². The van der Waals surface area contributed by atoms with E-state index in [1.54, 1.807) is 42.7 Å². The molecule has 0 atom stereocenters. The molecule has 0 bridgehead atoms. The third-order valence-electron chi connectivity index (χ3n) is 5.10. The maximum Gasteiger partial charge on any atom is 0.268 e. The van der Waals surface area contributed by atoms with Crippen molar-refractivity contribution < 1.29 is 17.6 Å². The predicted octanol–water partition coefficient (Wildman–Crippen LogP) is 4.86. The number of hydrogen-bond donors (Lipinski definition) is 1. The molecule has 2 aromatic heterocycles. The molecule has 3 heterocycles. The van der Waals surface area contributed by atoms with Crippen molar-refractivity contribution >= 4 is 38.6 Å². The van der Waals surface area contributed by atoms with Crippen molar-refractivity contribution in [3.8, 4) is 22.0 Å². The van der Waals surface area contributed by atoms with Crippen LogP contribution in [0.4, 0.5) is 11.4 Å². The molecule has 0 spiro atoms. The van der Waals surface area contributed by atoms with E-state index in [2.05, 4.69) is 10.3 Å². The Morgan fingerprint density at radius 3 is 2.62 bits per heavy atom. The highest BCUT2D eigenvalue weighted by atomic mass is 32.2. The summed E-state index contributed by atoms with van der Waals surface area (Å²) in [5, 5.41) is 3.50. The van der Waals surface area contributed by atoms with Gasteiger partial charge in [0.05, 0.1) is 23.4 Å². The third kappa shape index (κ3) is 3.92. The smallest absolute Gasteiger partial charge is 0.268 e. The number of rotatable bonds is 5. The van der Waals surface area contributed by atoms with Gasteiger partial charge in [0.25, 0.3) is 5.91 Å². The summed E-state index contributed by atoms with van der Waals surface area (Å²) in [5.41, 5.74) is 2.45. The molecule has 1 saturated heterocycles. The Morgan fingerprint density at radius 2 is 1.91 bits per heavy atom. The molecule has 1 fully saturated rings. The Bertz CT molecular complexity index is 1360. The number of amides is 1. The zero-order valence-electron chi connectivity index (χ0n) is 16.9. The van der Waals surface area contributed by atoms with Crippen LogP contribution in [0.5, 0.6) is 0 Å². The van der Waals surface area contributed by atoms with Crippen LogP contribution >= 0.6 is 11.3 Å². The van der Waals surface area contributed by atoms with Gasteiger partial charge in [-0.15, -0.1) is 11.3 Å². The number of aromatic nitrogens is 1. The molecule has 1 aliphatic rings. The maximum absolute atomic E-state index is 13.2. The van der Waals surface area contributed by atoms with Gasteiger partial charge in [-0.2, -0.15) is 0 Å². The molecule has 1 aliphatic heterocycles. The van der Waals surface area contributed by atoms with E-state index in [1.807, 2.05) is 30.3 Å². The first-order valence-electron chi connectivity index (χ1n) is 10.0. The van der Waals surface area contributed by atoms with E-state index >= 15 is 0 Å². The molecule has 5 rings (SSSR count). The Hall–Kier alpha value is -3.43. The van der Waals surface area contributed by atoms with Crippen LogP contribution < -0.4 is 9.62 Å². The number of thiazole rings is 1. The molecule has 7 nitrogen and oxygen atoms in total. The fraction of sp³-hybridized carbons (Fsp3) is 0.130. The largest absolute Gasteiger partial charge is 0.462 e. The average Bonchev–Trinajstić information content (AvgIpc) is 3.53. The van der Waals surface area contributed by atoms with Crippen LogP contribution in [0.3, 0.4) is 0 Å². The summed E-state index contributed by atoms with van der Waals surface area (Å²) in [6, 6.07) is 19.9. The predicted molar refractivity (Wildman–Crippen MR) is 125 cm³/mol. The molecule has 1 N–H and O–H groups in total. The lowest BCUT2D eigenvalue weighted by atomic mass is 10.1. The average molecular weight is 466 g/mol. The molecule has 4 aromatic rings. The first-order chi connectivity index (χ1) is 15.5. The summed E-state index contributed by atoms with van der Waals surface area (Å²) < 4.78 is 31.4. The van der Waals surface area contributed by atoms with Gasteiger partial charge < -0.3 is 9.73 Å². The topological polar surface area (TPSA) is 92.5 Å². The number of nitrogens with one attached hydrogen (secondary N) is 1. The van der Waals surface area contributed by atoms with Crippen LogP contribution in [0.25, 0.3) is 22.0 Å². The molecule has 9 heteroatoms. The Labute approximate surface area is 189 Å². The Kier molecular flexibility index (Phi) is 5.28. The van der Waals surface area contributed by atoms with Crippen LogP contribution in [0, 0.1) is 0 Å². The van der Waals surface area contributed by atoms with Gasteiger partial charge in [-0.1, -0.05) is 36.4 Å². The van der Waals surface area contributed by atoms with Crippen molar-refractivity contribution in [2.45, 2.75) is 6.42 Å². The summed E-state index contributed by atoms with van der Waals surface area (Å²) in [6.07, 6.45) is 2.16. The molecule has 0 aliphatic carbocycles. The maximum atomic E-state index is 13.2. The summed E-state index contributed by atoms with van der Waals surface area (Å²) in [5.74, 6) is 0.411. The van der Waals surface area contributed by atoms with Crippen LogP contribution in [-0.2, 0) is 10.0 Å². The van der Waals surface area contributed by atoms with E-state index in [0.29, 0.717) is 45.7 Å². The summed E-state index contributed by atoms with van der Waals surface area (Å²) in [6.45, 7) is 0.444. The van der Waals surface area contributed by atoms with Crippen LogP contribution in [0.15, 0.2) is 77.4 Å². The number of carbonyl (C=O) groups is 1. The van der Waals surface area contributed by atoms with E-state index in [4.69, 9.17) is 4.42 Å². The normalized spacial score (nSPS) is 15.1. The fourth-order valence-corrected chi connectivity index (χ4v) is 6.13. The van der Waals surface area contributed by atoms with E-state index in [-0.39, 0.29) is 11.7 Å².